The number of rotatable bonds is 5. The van der Waals surface area contributed by atoms with E-state index in [1.807, 2.05) is 11.8 Å². The molecule has 0 aliphatic carbocycles. The molecule has 1 aromatic rings. The number of hydrogen-bond acceptors (Lipinski definition) is 3. The first-order valence-electron chi connectivity index (χ1n) is 7.43. The highest BCUT2D eigenvalue weighted by Crippen LogP contribution is 2.27. The van der Waals surface area contributed by atoms with Gasteiger partial charge in [-0.1, -0.05) is 23.2 Å². The molecule has 2 rings (SSSR count). The highest BCUT2D eigenvalue weighted by Gasteiger charge is 2.20. The summed E-state index contributed by atoms with van der Waals surface area (Å²) >= 11 is 11.9. The molecule has 0 bridgehead atoms. The number of carbonyl (C=O) groups excluding carboxylic acids is 1. The fraction of sp³-hybridized carbons (Fsp3) is 0.533. The largest absolute Gasteiger partial charge is 0.491 e. The molecule has 0 unspecified atom stereocenters. The van der Waals surface area contributed by atoms with Crippen LogP contribution in [0.25, 0.3) is 0 Å². The minimum atomic E-state index is 0.0198. The maximum absolute atomic E-state index is 11.7. The van der Waals surface area contributed by atoms with Crippen LogP contribution in [0.4, 0.5) is 4.79 Å². The van der Waals surface area contributed by atoms with Gasteiger partial charge in [0.25, 0.3) is 0 Å². The van der Waals surface area contributed by atoms with Crippen LogP contribution >= 0.6 is 23.2 Å². The fourth-order valence-electron chi connectivity index (χ4n) is 2.31. The summed E-state index contributed by atoms with van der Waals surface area (Å²) < 4.78 is 5.68. The van der Waals surface area contributed by atoms with Crippen molar-refractivity contribution in [2.75, 3.05) is 45.9 Å². The fourth-order valence-corrected chi connectivity index (χ4v) is 2.78. The van der Waals surface area contributed by atoms with Crippen LogP contribution in [-0.2, 0) is 0 Å². The van der Waals surface area contributed by atoms with Gasteiger partial charge in [0, 0.05) is 44.3 Å². The van der Waals surface area contributed by atoms with Crippen molar-refractivity contribution in [3.8, 4) is 5.75 Å². The van der Waals surface area contributed by atoms with Gasteiger partial charge in [-0.3, -0.25) is 4.90 Å². The normalized spacial score (nSPS) is 15.7. The second kappa shape index (κ2) is 8.46. The summed E-state index contributed by atoms with van der Waals surface area (Å²) in [5.41, 5.74) is 0. The smallest absolute Gasteiger partial charge is 0.317 e. The zero-order valence-corrected chi connectivity index (χ0v) is 14.2. The molecular formula is C15H21Cl2N3O2. The average Bonchev–Trinajstić information content (AvgIpc) is 2.50. The van der Waals surface area contributed by atoms with Gasteiger partial charge < -0.3 is 15.0 Å². The van der Waals surface area contributed by atoms with Crippen LogP contribution in [0.3, 0.4) is 0 Å². The second-order valence-corrected chi connectivity index (χ2v) is 5.93. The summed E-state index contributed by atoms with van der Waals surface area (Å²) in [5.74, 6) is 0.645. The zero-order chi connectivity index (χ0) is 15.9. The van der Waals surface area contributed by atoms with E-state index in [1.54, 1.807) is 18.2 Å². The number of nitrogens with zero attached hydrogens (tertiary/aromatic N) is 2. The predicted molar refractivity (Wildman–Crippen MR) is 89.0 cm³/mol. The molecule has 1 aliphatic rings. The number of carbonyl (C=O) groups is 1. The molecule has 1 heterocycles. The van der Waals surface area contributed by atoms with E-state index < -0.39 is 0 Å². The summed E-state index contributed by atoms with van der Waals surface area (Å²) in [7, 11) is 0. The summed E-state index contributed by atoms with van der Waals surface area (Å²) in [6.45, 7) is 7.15. The van der Waals surface area contributed by atoms with E-state index in [0.717, 1.165) is 32.7 Å². The maximum atomic E-state index is 11.7. The molecule has 1 saturated heterocycles. The third-order valence-corrected chi connectivity index (χ3v) is 4.08. The predicted octanol–water partition coefficient (Wildman–Crippen LogP) is 2.72. The summed E-state index contributed by atoms with van der Waals surface area (Å²) in [5, 5.41) is 3.94. The number of hydrogen-bond donors (Lipinski definition) is 1. The number of nitrogens with one attached hydrogen (secondary N) is 1. The van der Waals surface area contributed by atoms with Gasteiger partial charge >= 0.3 is 6.03 Å². The lowest BCUT2D eigenvalue weighted by molar-refractivity contribution is 0.126. The Bertz CT molecular complexity index is 506. The lowest BCUT2D eigenvalue weighted by Gasteiger charge is -2.34. The Balaban J connectivity index is 1.70. The second-order valence-electron chi connectivity index (χ2n) is 5.09. The Morgan fingerprint density at radius 2 is 2.00 bits per heavy atom. The van der Waals surface area contributed by atoms with Crippen molar-refractivity contribution in [3.63, 3.8) is 0 Å². The Morgan fingerprint density at radius 1 is 1.27 bits per heavy atom. The summed E-state index contributed by atoms with van der Waals surface area (Å²) in [6, 6.07) is 5.22. The molecule has 1 N–H and O–H groups in total. The molecule has 1 fully saturated rings. The Labute approximate surface area is 141 Å². The third kappa shape index (κ3) is 4.93. The van der Waals surface area contributed by atoms with Gasteiger partial charge in [0.1, 0.15) is 12.4 Å². The van der Waals surface area contributed by atoms with E-state index >= 15 is 0 Å². The number of ether oxygens (including phenoxy) is 1. The van der Waals surface area contributed by atoms with Crippen LogP contribution in [0.1, 0.15) is 6.92 Å². The lowest BCUT2D eigenvalue weighted by atomic mass is 10.3. The Morgan fingerprint density at radius 3 is 2.64 bits per heavy atom. The van der Waals surface area contributed by atoms with E-state index in [2.05, 4.69) is 10.2 Å². The average molecular weight is 346 g/mol. The van der Waals surface area contributed by atoms with Gasteiger partial charge in [0.05, 0.1) is 5.02 Å². The van der Waals surface area contributed by atoms with Crippen molar-refractivity contribution in [1.82, 2.24) is 15.1 Å². The van der Waals surface area contributed by atoms with Crippen LogP contribution in [-0.4, -0.2) is 61.7 Å². The van der Waals surface area contributed by atoms with Crippen LogP contribution in [0.15, 0.2) is 18.2 Å². The number of amides is 2. The molecule has 0 radical (unpaired) electrons. The minimum absolute atomic E-state index is 0.0198. The maximum Gasteiger partial charge on any atom is 0.317 e. The molecular weight excluding hydrogens is 325 g/mol. The first kappa shape index (κ1) is 17.2. The van der Waals surface area contributed by atoms with E-state index in [9.17, 15) is 4.79 Å². The van der Waals surface area contributed by atoms with Crippen LogP contribution in [0.2, 0.25) is 10.0 Å². The van der Waals surface area contributed by atoms with Gasteiger partial charge in [-0.15, -0.1) is 0 Å². The highest BCUT2D eigenvalue weighted by molar-refractivity contribution is 6.35. The quantitative estimate of drug-likeness (QED) is 0.892. The number of urea groups is 1. The number of halogens is 2. The van der Waals surface area contributed by atoms with Gasteiger partial charge in [-0.05, 0) is 25.1 Å². The van der Waals surface area contributed by atoms with E-state index in [1.165, 1.54) is 0 Å². The molecule has 5 nitrogen and oxygen atoms in total. The lowest BCUT2D eigenvalue weighted by Crippen LogP contribution is -2.52. The van der Waals surface area contributed by atoms with Crippen LogP contribution < -0.4 is 10.1 Å². The Hall–Kier alpha value is -1.17. The Kier molecular flexibility index (Phi) is 6.61. The molecule has 122 valence electrons. The molecule has 1 aliphatic heterocycles. The van der Waals surface area contributed by atoms with E-state index in [0.29, 0.717) is 28.9 Å². The molecule has 0 atom stereocenters. The topological polar surface area (TPSA) is 44.8 Å². The molecule has 2 amide bonds. The van der Waals surface area contributed by atoms with Crippen LogP contribution in [0, 0.1) is 0 Å². The van der Waals surface area contributed by atoms with Crippen molar-refractivity contribution < 1.29 is 9.53 Å². The SMILES string of the molecule is CCNC(=O)N1CCN(CCOc2ccc(Cl)cc2Cl)CC1. The third-order valence-electron chi connectivity index (χ3n) is 3.55. The summed E-state index contributed by atoms with van der Waals surface area (Å²) in [4.78, 5) is 15.8. The highest BCUT2D eigenvalue weighted by atomic mass is 35.5. The van der Waals surface area contributed by atoms with Gasteiger partial charge in [-0.2, -0.15) is 0 Å². The van der Waals surface area contributed by atoms with Gasteiger partial charge in [0.15, 0.2) is 0 Å². The molecule has 0 aromatic heterocycles. The van der Waals surface area contributed by atoms with Gasteiger partial charge in [-0.25, -0.2) is 4.79 Å². The van der Waals surface area contributed by atoms with Crippen molar-refractivity contribution in [3.05, 3.63) is 28.2 Å². The van der Waals surface area contributed by atoms with Gasteiger partial charge in [0.2, 0.25) is 0 Å². The van der Waals surface area contributed by atoms with E-state index in [4.69, 9.17) is 27.9 Å². The number of benzene rings is 1. The number of piperazine rings is 1. The first-order chi connectivity index (χ1) is 10.6. The molecule has 0 saturated carbocycles. The molecule has 22 heavy (non-hydrogen) atoms. The first-order valence-corrected chi connectivity index (χ1v) is 8.18. The molecule has 1 aromatic carbocycles. The standard InChI is InChI=1S/C15H21Cl2N3O2/c1-2-18-15(21)20-7-5-19(6-8-20)9-10-22-14-4-3-12(16)11-13(14)17/h3-4,11H,2,5-10H2,1H3,(H,18,21). The van der Waals surface area contributed by atoms with Crippen molar-refractivity contribution >= 4 is 29.2 Å². The van der Waals surface area contributed by atoms with Crippen LogP contribution in [0.5, 0.6) is 5.75 Å². The molecule has 7 heteroatoms. The van der Waals surface area contributed by atoms with Crippen molar-refractivity contribution in [2.24, 2.45) is 0 Å². The zero-order valence-electron chi connectivity index (χ0n) is 12.6. The monoisotopic (exact) mass is 345 g/mol. The molecule has 0 spiro atoms. The van der Waals surface area contributed by atoms with Crippen molar-refractivity contribution in [1.29, 1.82) is 0 Å². The van der Waals surface area contributed by atoms with Crippen molar-refractivity contribution in [2.45, 2.75) is 6.92 Å². The van der Waals surface area contributed by atoms with E-state index in [-0.39, 0.29) is 6.03 Å². The minimum Gasteiger partial charge on any atom is -0.491 e. The summed E-state index contributed by atoms with van der Waals surface area (Å²) in [6.07, 6.45) is 0.